The minimum absolute atomic E-state index is 0.00195. The van der Waals surface area contributed by atoms with Gasteiger partial charge in [0.1, 0.15) is 11.3 Å². The van der Waals surface area contributed by atoms with Crippen LogP contribution in [0.4, 0.5) is 0 Å². The average Bonchev–Trinajstić information content (AvgIpc) is 3.07. The molecular weight excluding hydrogens is 420 g/mol. The van der Waals surface area contributed by atoms with Crippen molar-refractivity contribution in [1.82, 2.24) is 9.21 Å². The number of amides is 1. The first kappa shape index (κ1) is 23.5. The molecule has 0 spiro atoms. The van der Waals surface area contributed by atoms with Crippen molar-refractivity contribution < 1.29 is 27.5 Å². The molecular formula is C22H32N2O6S. The number of carbonyl (C=O) groups is 2. The molecule has 2 heterocycles. The van der Waals surface area contributed by atoms with E-state index in [4.69, 9.17) is 9.47 Å². The maximum atomic E-state index is 13.1. The first-order valence-electron chi connectivity index (χ1n) is 11.0. The summed E-state index contributed by atoms with van der Waals surface area (Å²) in [5.74, 6) is -0.811. The number of piperidine rings is 1. The van der Waals surface area contributed by atoms with Crippen LogP contribution in [0.3, 0.4) is 0 Å². The van der Waals surface area contributed by atoms with Crippen LogP contribution in [-0.4, -0.2) is 68.9 Å². The molecule has 1 aromatic carbocycles. The Balaban J connectivity index is 1.75. The van der Waals surface area contributed by atoms with Crippen LogP contribution in [-0.2, 0) is 19.6 Å². The largest absolute Gasteiger partial charge is 0.496 e. The van der Waals surface area contributed by atoms with Gasteiger partial charge in [0.2, 0.25) is 10.0 Å². The average molecular weight is 453 g/mol. The van der Waals surface area contributed by atoms with Crippen LogP contribution in [0.15, 0.2) is 23.1 Å². The van der Waals surface area contributed by atoms with E-state index in [0.29, 0.717) is 19.6 Å². The van der Waals surface area contributed by atoms with E-state index in [1.54, 1.807) is 4.90 Å². The zero-order valence-corrected chi connectivity index (χ0v) is 19.2. The van der Waals surface area contributed by atoms with E-state index < -0.39 is 16.0 Å². The molecule has 3 rings (SSSR count). The number of nitrogens with zero attached hydrogens (tertiary/aromatic N) is 2. The highest BCUT2D eigenvalue weighted by Crippen LogP contribution is 2.27. The van der Waals surface area contributed by atoms with Crippen molar-refractivity contribution in [1.29, 1.82) is 0 Å². The van der Waals surface area contributed by atoms with Gasteiger partial charge in [0.05, 0.1) is 12.0 Å². The summed E-state index contributed by atoms with van der Waals surface area (Å²) in [6.07, 6.45) is 6.62. The minimum atomic E-state index is -3.73. The van der Waals surface area contributed by atoms with Gasteiger partial charge >= 0.3 is 5.97 Å². The Morgan fingerprint density at radius 3 is 2.35 bits per heavy atom. The second-order valence-electron chi connectivity index (χ2n) is 8.19. The number of sulfonamides is 1. The molecule has 1 aromatic rings. The Morgan fingerprint density at radius 2 is 1.71 bits per heavy atom. The van der Waals surface area contributed by atoms with Crippen LogP contribution in [0, 0.1) is 0 Å². The third-order valence-electron chi connectivity index (χ3n) is 6.04. The molecule has 1 unspecified atom stereocenters. The second-order valence-corrected chi connectivity index (χ2v) is 10.1. The lowest BCUT2D eigenvalue weighted by Gasteiger charge is -2.33. The summed E-state index contributed by atoms with van der Waals surface area (Å²) >= 11 is 0. The lowest BCUT2D eigenvalue weighted by molar-refractivity contribution is -0.137. The maximum absolute atomic E-state index is 13.1. The molecule has 1 amide bonds. The number of esters is 1. The molecule has 31 heavy (non-hydrogen) atoms. The summed E-state index contributed by atoms with van der Waals surface area (Å²) in [6.45, 7) is 3.20. The maximum Gasteiger partial charge on any atom is 0.342 e. The molecule has 8 nitrogen and oxygen atoms in total. The van der Waals surface area contributed by atoms with E-state index >= 15 is 0 Å². The van der Waals surface area contributed by atoms with Gasteiger partial charge in [-0.05, 0) is 57.2 Å². The molecule has 2 aliphatic heterocycles. The van der Waals surface area contributed by atoms with Gasteiger partial charge in [-0.25, -0.2) is 13.2 Å². The summed E-state index contributed by atoms with van der Waals surface area (Å²) < 4.78 is 38.1. The first-order valence-corrected chi connectivity index (χ1v) is 12.4. The summed E-state index contributed by atoms with van der Waals surface area (Å²) in [6, 6.07) is 4.30. The third-order valence-corrected chi connectivity index (χ3v) is 7.94. The minimum Gasteiger partial charge on any atom is -0.496 e. The summed E-state index contributed by atoms with van der Waals surface area (Å²) in [5, 5.41) is 0. The van der Waals surface area contributed by atoms with Crippen LogP contribution in [0.2, 0.25) is 0 Å². The molecule has 2 fully saturated rings. The van der Waals surface area contributed by atoms with E-state index in [2.05, 4.69) is 0 Å². The van der Waals surface area contributed by atoms with E-state index in [1.165, 1.54) is 29.6 Å². The van der Waals surface area contributed by atoms with Gasteiger partial charge in [0, 0.05) is 25.7 Å². The number of likely N-dealkylation sites (tertiary alicyclic amines) is 1. The third kappa shape index (κ3) is 5.57. The lowest BCUT2D eigenvalue weighted by atomic mass is 10.0. The highest BCUT2D eigenvalue weighted by Gasteiger charge is 2.28. The molecule has 0 aliphatic carbocycles. The van der Waals surface area contributed by atoms with Crippen molar-refractivity contribution in [3.63, 3.8) is 0 Å². The molecule has 2 saturated heterocycles. The number of methoxy groups -OCH3 is 1. The van der Waals surface area contributed by atoms with Gasteiger partial charge in [-0.1, -0.05) is 12.8 Å². The summed E-state index contributed by atoms with van der Waals surface area (Å²) in [4.78, 5) is 27.0. The zero-order valence-electron chi connectivity index (χ0n) is 18.3. The molecule has 2 aliphatic rings. The predicted molar refractivity (Wildman–Crippen MR) is 116 cm³/mol. The summed E-state index contributed by atoms with van der Waals surface area (Å²) in [5.41, 5.74) is -0.00195. The standard InChI is InChI=1S/C22H32N2O6S/c1-17-9-5-8-14-24(17)21(25)16-30-22(26)19-15-18(10-11-20(19)29-2)31(27,28)23-12-6-3-4-7-13-23/h10-11,15,17H,3-9,12-14,16H2,1-2H3. The molecule has 172 valence electrons. The number of rotatable bonds is 6. The molecule has 0 aromatic heterocycles. The van der Waals surface area contributed by atoms with Gasteiger partial charge in [0.15, 0.2) is 6.61 Å². The van der Waals surface area contributed by atoms with Gasteiger partial charge < -0.3 is 14.4 Å². The van der Waals surface area contributed by atoms with Crippen molar-refractivity contribution in [2.24, 2.45) is 0 Å². The Labute approximate surface area is 184 Å². The zero-order chi connectivity index (χ0) is 22.4. The van der Waals surface area contributed by atoms with Crippen LogP contribution >= 0.6 is 0 Å². The fourth-order valence-electron chi connectivity index (χ4n) is 4.19. The smallest absolute Gasteiger partial charge is 0.342 e. The summed E-state index contributed by atoms with van der Waals surface area (Å²) in [7, 11) is -2.33. The number of benzene rings is 1. The van der Waals surface area contributed by atoms with E-state index in [1.807, 2.05) is 6.92 Å². The SMILES string of the molecule is COc1ccc(S(=O)(=O)N2CCCCCC2)cc1C(=O)OCC(=O)N1CCCCC1C. The lowest BCUT2D eigenvalue weighted by Crippen LogP contribution is -2.44. The molecule has 0 N–H and O–H groups in total. The van der Waals surface area contributed by atoms with Crippen molar-refractivity contribution >= 4 is 21.9 Å². The van der Waals surface area contributed by atoms with Crippen LogP contribution in [0.25, 0.3) is 0 Å². The number of ether oxygens (including phenoxy) is 2. The van der Waals surface area contributed by atoms with E-state index in [-0.39, 0.29) is 34.8 Å². The first-order chi connectivity index (χ1) is 14.8. The van der Waals surface area contributed by atoms with Gasteiger partial charge in [-0.3, -0.25) is 4.79 Å². The van der Waals surface area contributed by atoms with Gasteiger partial charge in [0.25, 0.3) is 5.91 Å². The number of hydrogen-bond donors (Lipinski definition) is 0. The molecule has 0 bridgehead atoms. The van der Waals surface area contributed by atoms with Gasteiger partial charge in [-0.15, -0.1) is 0 Å². The van der Waals surface area contributed by atoms with E-state index in [9.17, 15) is 18.0 Å². The highest BCUT2D eigenvalue weighted by atomic mass is 32.2. The van der Waals surface area contributed by atoms with Crippen LogP contribution in [0.5, 0.6) is 5.75 Å². The fourth-order valence-corrected chi connectivity index (χ4v) is 5.74. The van der Waals surface area contributed by atoms with Crippen molar-refractivity contribution in [3.05, 3.63) is 23.8 Å². The molecule has 0 saturated carbocycles. The van der Waals surface area contributed by atoms with E-state index in [0.717, 1.165) is 44.9 Å². The van der Waals surface area contributed by atoms with Crippen molar-refractivity contribution in [2.75, 3.05) is 33.4 Å². The quantitative estimate of drug-likeness (QED) is 0.616. The van der Waals surface area contributed by atoms with Crippen LogP contribution < -0.4 is 4.74 Å². The monoisotopic (exact) mass is 452 g/mol. The van der Waals surface area contributed by atoms with Crippen molar-refractivity contribution in [3.8, 4) is 5.75 Å². The number of hydrogen-bond acceptors (Lipinski definition) is 6. The second kappa shape index (κ2) is 10.5. The highest BCUT2D eigenvalue weighted by molar-refractivity contribution is 7.89. The Bertz CT molecular complexity index is 893. The Morgan fingerprint density at radius 1 is 1.03 bits per heavy atom. The topological polar surface area (TPSA) is 93.2 Å². The Hall–Kier alpha value is -2.13. The Kier molecular flexibility index (Phi) is 7.94. The normalized spacial score (nSPS) is 20.7. The molecule has 0 radical (unpaired) electrons. The predicted octanol–water partition coefficient (Wildman–Crippen LogP) is 2.82. The molecule has 1 atom stereocenters. The van der Waals surface area contributed by atoms with Gasteiger partial charge in [-0.2, -0.15) is 4.31 Å². The molecule has 9 heteroatoms. The van der Waals surface area contributed by atoms with Crippen molar-refractivity contribution in [2.45, 2.75) is 62.8 Å². The van der Waals surface area contributed by atoms with Crippen LogP contribution in [0.1, 0.15) is 62.2 Å². The number of carbonyl (C=O) groups excluding carboxylic acids is 2. The fraction of sp³-hybridized carbons (Fsp3) is 0.636.